The summed E-state index contributed by atoms with van der Waals surface area (Å²) in [5.41, 5.74) is 0.759. The molecule has 0 radical (unpaired) electrons. The van der Waals surface area contributed by atoms with E-state index in [-0.39, 0.29) is 10.6 Å². The van der Waals surface area contributed by atoms with Gasteiger partial charge in [0.1, 0.15) is 0 Å². The number of benzene rings is 1. The van der Waals surface area contributed by atoms with Crippen molar-refractivity contribution in [2.24, 2.45) is 0 Å². The Kier molecular flexibility index (Phi) is 4.62. The first-order chi connectivity index (χ1) is 10.1. The molecule has 1 aromatic rings. The number of halogens is 1. The van der Waals surface area contributed by atoms with Crippen LogP contribution in [0, 0.1) is 0 Å². The second kappa shape index (κ2) is 5.87. The van der Waals surface area contributed by atoms with Crippen molar-refractivity contribution < 1.29 is 19.2 Å². The number of hydrogen-bond donors (Lipinski definition) is 1. The molecule has 1 N–H and O–H groups in total. The molecule has 0 aliphatic carbocycles. The van der Waals surface area contributed by atoms with Crippen LogP contribution < -0.4 is 5.46 Å². The molecule has 0 aromatic heterocycles. The molecule has 1 saturated heterocycles. The average molecular weight is 325 g/mol. The van der Waals surface area contributed by atoms with E-state index in [0.717, 1.165) is 11.9 Å². The first-order valence-corrected chi connectivity index (χ1v) is 7.88. The van der Waals surface area contributed by atoms with Crippen LogP contribution in [-0.2, 0) is 15.7 Å². The number of carboxylic acids is 1. The first kappa shape index (κ1) is 17.3. The Morgan fingerprint density at radius 1 is 1.23 bits per heavy atom. The van der Waals surface area contributed by atoms with Crippen LogP contribution in [0.4, 0.5) is 0 Å². The van der Waals surface area contributed by atoms with Gasteiger partial charge in [0.2, 0.25) is 0 Å². The summed E-state index contributed by atoms with van der Waals surface area (Å²) in [4.78, 5) is 11.4. The largest absolute Gasteiger partial charge is 0.494 e. The van der Waals surface area contributed by atoms with Gasteiger partial charge in [-0.15, -0.1) is 0 Å². The molecule has 120 valence electrons. The lowest BCUT2D eigenvalue weighted by molar-refractivity contribution is 0.00578. The molecule has 1 fully saturated rings. The molecule has 1 heterocycles. The molecule has 22 heavy (non-hydrogen) atoms. The Hall–Kier alpha value is -1.04. The standard InChI is InChI=1S/C16H22BClO4/c1-6-7-10-8-11(9-12(18)13(10)14(19)20)17-21-15(2,3)16(4,5)22-17/h8-9H,6-7H2,1-5H3,(H,19,20). The van der Waals surface area contributed by atoms with Crippen molar-refractivity contribution in [1.29, 1.82) is 0 Å². The summed E-state index contributed by atoms with van der Waals surface area (Å²) in [6.07, 6.45) is 1.48. The minimum absolute atomic E-state index is 0.170. The third-order valence-corrected chi connectivity index (χ3v) is 4.75. The Morgan fingerprint density at radius 2 is 1.77 bits per heavy atom. The van der Waals surface area contributed by atoms with Crippen LogP contribution in [0.15, 0.2) is 12.1 Å². The van der Waals surface area contributed by atoms with Gasteiger partial charge in [0.25, 0.3) is 0 Å². The molecular formula is C16H22BClO4. The normalized spacial score (nSPS) is 19.5. The van der Waals surface area contributed by atoms with Crippen LogP contribution in [0.1, 0.15) is 57.0 Å². The highest BCUT2D eigenvalue weighted by atomic mass is 35.5. The average Bonchev–Trinajstić information content (AvgIpc) is 2.57. The van der Waals surface area contributed by atoms with Crippen molar-refractivity contribution in [1.82, 2.24) is 0 Å². The first-order valence-electron chi connectivity index (χ1n) is 7.50. The van der Waals surface area contributed by atoms with Crippen LogP contribution >= 0.6 is 11.6 Å². The van der Waals surface area contributed by atoms with Gasteiger partial charge in [0.15, 0.2) is 0 Å². The van der Waals surface area contributed by atoms with E-state index in [4.69, 9.17) is 20.9 Å². The molecular weight excluding hydrogens is 302 g/mol. The number of rotatable bonds is 4. The van der Waals surface area contributed by atoms with E-state index in [9.17, 15) is 9.90 Å². The van der Waals surface area contributed by atoms with Gasteiger partial charge in [0, 0.05) is 0 Å². The lowest BCUT2D eigenvalue weighted by atomic mass is 9.77. The smallest absolute Gasteiger partial charge is 0.478 e. The number of aromatic carboxylic acids is 1. The van der Waals surface area contributed by atoms with Gasteiger partial charge < -0.3 is 14.4 Å². The van der Waals surface area contributed by atoms with Gasteiger partial charge >= 0.3 is 13.1 Å². The molecule has 0 atom stereocenters. The zero-order chi connectivity index (χ0) is 16.7. The molecule has 1 aliphatic rings. The second-order valence-corrected chi connectivity index (χ2v) is 7.09. The number of carbonyl (C=O) groups is 1. The molecule has 1 aromatic carbocycles. The van der Waals surface area contributed by atoms with E-state index in [1.54, 1.807) is 6.07 Å². The maximum Gasteiger partial charge on any atom is 0.494 e. The maximum absolute atomic E-state index is 11.4. The van der Waals surface area contributed by atoms with E-state index in [2.05, 4.69) is 0 Å². The molecule has 0 spiro atoms. The lowest BCUT2D eigenvalue weighted by Gasteiger charge is -2.32. The molecule has 0 unspecified atom stereocenters. The van der Waals surface area contributed by atoms with E-state index < -0.39 is 24.3 Å². The molecule has 1 aliphatic heterocycles. The van der Waals surface area contributed by atoms with Gasteiger partial charge in [-0.1, -0.05) is 31.0 Å². The van der Waals surface area contributed by atoms with E-state index >= 15 is 0 Å². The van der Waals surface area contributed by atoms with Crippen molar-refractivity contribution >= 4 is 30.2 Å². The highest BCUT2D eigenvalue weighted by molar-refractivity contribution is 6.62. The van der Waals surface area contributed by atoms with Crippen molar-refractivity contribution in [3.63, 3.8) is 0 Å². The number of aryl methyl sites for hydroxylation is 1. The zero-order valence-electron chi connectivity index (χ0n) is 13.7. The Bertz CT molecular complexity index is 582. The van der Waals surface area contributed by atoms with E-state index in [1.807, 2.05) is 40.7 Å². The fraction of sp³-hybridized carbons (Fsp3) is 0.562. The third kappa shape index (κ3) is 3.03. The Balaban J connectivity index is 2.44. The van der Waals surface area contributed by atoms with Crippen molar-refractivity contribution in [2.45, 2.75) is 58.7 Å². The van der Waals surface area contributed by atoms with Crippen molar-refractivity contribution in [3.8, 4) is 0 Å². The second-order valence-electron chi connectivity index (χ2n) is 6.68. The maximum atomic E-state index is 11.4. The summed E-state index contributed by atoms with van der Waals surface area (Å²) < 4.78 is 12.0. The van der Waals surface area contributed by atoms with Crippen molar-refractivity contribution in [3.05, 3.63) is 28.3 Å². The Morgan fingerprint density at radius 3 is 2.23 bits per heavy atom. The monoisotopic (exact) mass is 324 g/mol. The van der Waals surface area contributed by atoms with Crippen LogP contribution in [0.3, 0.4) is 0 Å². The van der Waals surface area contributed by atoms with E-state index in [0.29, 0.717) is 12.0 Å². The molecule has 2 rings (SSSR count). The van der Waals surface area contributed by atoms with Gasteiger partial charge in [-0.3, -0.25) is 0 Å². The predicted molar refractivity (Wildman–Crippen MR) is 88.1 cm³/mol. The molecule has 6 heteroatoms. The van der Waals surface area contributed by atoms with Crippen LogP contribution in [-0.4, -0.2) is 29.4 Å². The summed E-state index contributed by atoms with van der Waals surface area (Å²) in [5, 5.41) is 9.57. The summed E-state index contributed by atoms with van der Waals surface area (Å²) in [7, 11) is -0.541. The van der Waals surface area contributed by atoms with E-state index in [1.165, 1.54) is 0 Å². The fourth-order valence-electron chi connectivity index (χ4n) is 2.51. The zero-order valence-corrected chi connectivity index (χ0v) is 14.5. The van der Waals surface area contributed by atoms with Crippen LogP contribution in [0.5, 0.6) is 0 Å². The summed E-state index contributed by atoms with van der Waals surface area (Å²) in [6, 6.07) is 3.47. The van der Waals surface area contributed by atoms with Crippen LogP contribution in [0.25, 0.3) is 0 Å². The molecule has 0 amide bonds. The summed E-state index contributed by atoms with van der Waals surface area (Å²) >= 11 is 6.19. The van der Waals surface area contributed by atoms with Gasteiger partial charge in [0.05, 0.1) is 21.8 Å². The molecule has 4 nitrogen and oxygen atoms in total. The number of hydrogen-bond acceptors (Lipinski definition) is 3. The van der Waals surface area contributed by atoms with Crippen LogP contribution in [0.2, 0.25) is 5.02 Å². The fourth-order valence-corrected chi connectivity index (χ4v) is 2.84. The van der Waals surface area contributed by atoms with Gasteiger partial charge in [-0.25, -0.2) is 4.79 Å². The SMILES string of the molecule is CCCc1cc(B2OC(C)(C)C(C)(C)O2)cc(Cl)c1C(=O)O. The summed E-state index contributed by atoms with van der Waals surface area (Å²) in [6.45, 7) is 9.92. The Labute approximate surface area is 136 Å². The lowest BCUT2D eigenvalue weighted by Crippen LogP contribution is -2.41. The highest BCUT2D eigenvalue weighted by Gasteiger charge is 2.51. The van der Waals surface area contributed by atoms with Gasteiger partial charge in [-0.05, 0) is 51.2 Å². The minimum atomic E-state index is -1.01. The van der Waals surface area contributed by atoms with Crippen molar-refractivity contribution in [2.75, 3.05) is 0 Å². The summed E-state index contributed by atoms with van der Waals surface area (Å²) in [5.74, 6) is -1.01. The minimum Gasteiger partial charge on any atom is -0.478 e. The molecule has 0 bridgehead atoms. The molecule has 0 saturated carbocycles. The topological polar surface area (TPSA) is 55.8 Å². The van der Waals surface area contributed by atoms with Gasteiger partial charge in [-0.2, -0.15) is 0 Å². The quantitative estimate of drug-likeness (QED) is 0.864. The third-order valence-electron chi connectivity index (χ3n) is 4.45. The number of carboxylic acid groups (broad SMARTS) is 1. The highest BCUT2D eigenvalue weighted by Crippen LogP contribution is 2.37. The predicted octanol–water partition coefficient (Wildman–Crippen LogP) is 3.29.